The second kappa shape index (κ2) is 6.25. The van der Waals surface area contributed by atoms with Crippen molar-refractivity contribution >= 4 is 38.6 Å². The van der Waals surface area contributed by atoms with E-state index in [1.54, 1.807) is 30.3 Å². The first-order valence-corrected chi connectivity index (χ1v) is 8.40. The van der Waals surface area contributed by atoms with Crippen molar-refractivity contribution in [3.8, 4) is 0 Å². The first-order valence-electron chi connectivity index (χ1n) is 6.10. The maximum absolute atomic E-state index is 12.2. The molecule has 4 N–H and O–H groups in total. The van der Waals surface area contributed by atoms with Gasteiger partial charge in [0.2, 0.25) is 5.91 Å². The lowest BCUT2D eigenvalue weighted by Gasteiger charge is -2.08. The summed E-state index contributed by atoms with van der Waals surface area (Å²) >= 11 is 1.13. The number of sulfonamides is 1. The van der Waals surface area contributed by atoms with Crippen LogP contribution < -0.4 is 15.8 Å². The van der Waals surface area contributed by atoms with Gasteiger partial charge in [-0.2, -0.15) is 0 Å². The fourth-order valence-electron chi connectivity index (χ4n) is 1.68. The molecule has 6 nitrogen and oxygen atoms in total. The summed E-state index contributed by atoms with van der Waals surface area (Å²) in [7, 11) is -3.65. The molecule has 1 aromatic carbocycles. The maximum Gasteiger partial charge on any atom is 0.271 e. The van der Waals surface area contributed by atoms with Gasteiger partial charge in [0.05, 0.1) is 5.69 Å². The van der Waals surface area contributed by atoms with E-state index < -0.39 is 10.0 Å². The number of thiophene rings is 1. The summed E-state index contributed by atoms with van der Waals surface area (Å²) in [6, 6.07) is 9.70. The number of nitrogens with one attached hydrogen (secondary N) is 2. The Morgan fingerprint density at radius 2 is 1.95 bits per heavy atom. The predicted molar refractivity (Wildman–Crippen MR) is 83.8 cm³/mol. The zero-order valence-electron chi connectivity index (χ0n) is 11.3. The van der Waals surface area contributed by atoms with Crippen LogP contribution in [0.5, 0.6) is 0 Å². The van der Waals surface area contributed by atoms with Crippen LogP contribution in [0, 0.1) is 0 Å². The lowest BCUT2D eigenvalue weighted by molar-refractivity contribution is -0.114. The Morgan fingerprint density at radius 3 is 2.57 bits per heavy atom. The third-order valence-corrected chi connectivity index (χ3v) is 5.52. The van der Waals surface area contributed by atoms with Gasteiger partial charge >= 0.3 is 0 Å². The topological polar surface area (TPSA) is 101 Å². The summed E-state index contributed by atoms with van der Waals surface area (Å²) in [4.78, 5) is 11.8. The molecule has 0 fully saturated rings. The first kappa shape index (κ1) is 15.5. The Labute approximate surface area is 127 Å². The average Bonchev–Trinajstić information content (AvgIpc) is 2.87. The van der Waals surface area contributed by atoms with Crippen LogP contribution >= 0.6 is 11.3 Å². The number of hydrogen-bond donors (Lipinski definition) is 3. The predicted octanol–water partition coefficient (Wildman–Crippen LogP) is 1.97. The van der Waals surface area contributed by atoms with Crippen LogP contribution in [0.1, 0.15) is 11.8 Å². The molecule has 0 saturated carbocycles. The normalized spacial score (nSPS) is 11.1. The maximum atomic E-state index is 12.2. The van der Waals surface area contributed by atoms with Gasteiger partial charge in [-0.1, -0.05) is 6.07 Å². The zero-order valence-corrected chi connectivity index (χ0v) is 12.9. The van der Waals surface area contributed by atoms with Crippen LogP contribution in [0.25, 0.3) is 0 Å². The van der Waals surface area contributed by atoms with Crippen LogP contribution in [0.3, 0.4) is 0 Å². The number of nitrogens with two attached hydrogens (primary N) is 1. The highest BCUT2D eigenvalue weighted by Gasteiger charge is 2.16. The SMILES string of the molecule is CC(=O)Nc1cccc(NS(=O)(=O)c2ccc(CN)s2)c1. The van der Waals surface area contributed by atoms with Gasteiger partial charge in [-0.05, 0) is 30.3 Å². The van der Waals surface area contributed by atoms with E-state index in [-0.39, 0.29) is 10.1 Å². The summed E-state index contributed by atoms with van der Waals surface area (Å²) < 4.78 is 27.1. The molecule has 0 aliphatic rings. The van der Waals surface area contributed by atoms with E-state index >= 15 is 0 Å². The summed E-state index contributed by atoms with van der Waals surface area (Å²) in [6.07, 6.45) is 0. The summed E-state index contributed by atoms with van der Waals surface area (Å²) in [6.45, 7) is 1.69. The average molecular weight is 325 g/mol. The van der Waals surface area contributed by atoms with Crippen molar-refractivity contribution in [3.05, 3.63) is 41.3 Å². The van der Waals surface area contributed by atoms with Crippen LogP contribution in [0.2, 0.25) is 0 Å². The van der Waals surface area contributed by atoms with E-state index in [1.807, 2.05) is 0 Å². The lowest BCUT2D eigenvalue weighted by Crippen LogP contribution is -2.12. The van der Waals surface area contributed by atoms with Crippen molar-refractivity contribution in [1.82, 2.24) is 0 Å². The van der Waals surface area contributed by atoms with Crippen molar-refractivity contribution in [2.45, 2.75) is 17.7 Å². The summed E-state index contributed by atoms with van der Waals surface area (Å²) in [5.41, 5.74) is 6.38. The fraction of sp³-hybridized carbons (Fsp3) is 0.154. The molecule has 1 heterocycles. The summed E-state index contributed by atoms with van der Waals surface area (Å²) in [5.74, 6) is -0.221. The Morgan fingerprint density at radius 1 is 1.24 bits per heavy atom. The number of carbonyl (C=O) groups is 1. The highest BCUT2D eigenvalue weighted by atomic mass is 32.2. The smallest absolute Gasteiger partial charge is 0.271 e. The minimum atomic E-state index is -3.65. The minimum absolute atomic E-state index is 0.202. The molecule has 21 heavy (non-hydrogen) atoms. The second-order valence-corrected chi connectivity index (χ2v) is 7.37. The quantitative estimate of drug-likeness (QED) is 0.782. The van der Waals surface area contributed by atoms with Crippen LogP contribution in [-0.4, -0.2) is 14.3 Å². The Kier molecular flexibility index (Phi) is 4.61. The zero-order chi connectivity index (χ0) is 15.5. The molecule has 2 aromatic rings. The minimum Gasteiger partial charge on any atom is -0.326 e. The fourth-order valence-corrected chi connectivity index (χ4v) is 3.97. The Bertz CT molecular complexity index is 754. The molecule has 0 aliphatic carbocycles. The molecule has 2 rings (SSSR count). The van der Waals surface area contributed by atoms with Crippen molar-refractivity contribution < 1.29 is 13.2 Å². The van der Waals surface area contributed by atoms with Crippen molar-refractivity contribution in [1.29, 1.82) is 0 Å². The number of anilines is 2. The van der Waals surface area contributed by atoms with E-state index in [0.29, 0.717) is 17.9 Å². The number of carbonyl (C=O) groups excluding carboxylic acids is 1. The number of hydrogen-bond acceptors (Lipinski definition) is 5. The largest absolute Gasteiger partial charge is 0.326 e. The molecule has 0 atom stereocenters. The van der Waals surface area contributed by atoms with Gasteiger partial charge in [-0.15, -0.1) is 11.3 Å². The Balaban J connectivity index is 2.22. The lowest BCUT2D eigenvalue weighted by atomic mass is 10.3. The van der Waals surface area contributed by atoms with Crippen LogP contribution in [0.15, 0.2) is 40.6 Å². The standard InChI is InChI=1S/C13H15N3O3S2/c1-9(17)15-10-3-2-4-11(7-10)16-21(18,19)13-6-5-12(8-14)20-13/h2-7,16H,8,14H2,1H3,(H,15,17). The summed E-state index contributed by atoms with van der Waals surface area (Å²) in [5, 5.41) is 2.60. The van der Waals surface area contributed by atoms with Gasteiger partial charge < -0.3 is 11.1 Å². The molecule has 1 amide bonds. The van der Waals surface area contributed by atoms with Crippen LogP contribution in [0.4, 0.5) is 11.4 Å². The molecule has 0 unspecified atom stereocenters. The molecule has 112 valence electrons. The van der Waals surface area contributed by atoms with E-state index in [2.05, 4.69) is 10.0 Å². The molecule has 0 radical (unpaired) electrons. The van der Waals surface area contributed by atoms with E-state index in [0.717, 1.165) is 16.2 Å². The van der Waals surface area contributed by atoms with Crippen molar-refractivity contribution in [2.24, 2.45) is 5.73 Å². The molecule has 0 bridgehead atoms. The van der Waals surface area contributed by atoms with Crippen molar-refractivity contribution in [3.63, 3.8) is 0 Å². The van der Waals surface area contributed by atoms with E-state index in [9.17, 15) is 13.2 Å². The van der Waals surface area contributed by atoms with Gasteiger partial charge in [0.1, 0.15) is 4.21 Å². The molecular formula is C13H15N3O3S2. The van der Waals surface area contributed by atoms with Gasteiger partial charge in [-0.3, -0.25) is 9.52 Å². The molecule has 0 spiro atoms. The van der Waals surface area contributed by atoms with Gasteiger partial charge in [0.15, 0.2) is 0 Å². The van der Waals surface area contributed by atoms with Gasteiger partial charge in [0.25, 0.3) is 10.0 Å². The number of benzene rings is 1. The molecule has 8 heteroatoms. The van der Waals surface area contributed by atoms with Crippen LogP contribution in [-0.2, 0) is 21.4 Å². The monoisotopic (exact) mass is 325 g/mol. The molecular weight excluding hydrogens is 310 g/mol. The second-order valence-electron chi connectivity index (χ2n) is 4.29. The Hall–Kier alpha value is -1.90. The molecule has 0 aliphatic heterocycles. The first-order chi connectivity index (χ1) is 9.90. The third-order valence-electron chi connectivity index (χ3n) is 2.54. The van der Waals surface area contributed by atoms with Gasteiger partial charge in [-0.25, -0.2) is 8.42 Å². The number of amides is 1. The highest BCUT2D eigenvalue weighted by molar-refractivity contribution is 7.94. The molecule has 0 saturated heterocycles. The van der Waals surface area contributed by atoms with E-state index in [1.165, 1.54) is 13.0 Å². The van der Waals surface area contributed by atoms with E-state index in [4.69, 9.17) is 5.73 Å². The van der Waals surface area contributed by atoms with Gasteiger partial charge in [0, 0.05) is 24.0 Å². The van der Waals surface area contributed by atoms with Crippen molar-refractivity contribution in [2.75, 3.05) is 10.0 Å². The highest BCUT2D eigenvalue weighted by Crippen LogP contribution is 2.24. The third kappa shape index (κ3) is 4.03. The number of rotatable bonds is 5. The molecule has 1 aromatic heterocycles.